The molecular formula is C15H18N2O2S. The molecule has 106 valence electrons. The van der Waals surface area contributed by atoms with Crippen molar-refractivity contribution in [1.82, 2.24) is 10.1 Å². The van der Waals surface area contributed by atoms with Crippen molar-refractivity contribution in [1.29, 1.82) is 0 Å². The quantitative estimate of drug-likeness (QED) is 0.870. The topological polar surface area (TPSA) is 38.5 Å². The van der Waals surface area contributed by atoms with E-state index in [0.717, 1.165) is 38.4 Å². The highest BCUT2D eigenvalue weighted by Gasteiger charge is 2.22. The van der Waals surface area contributed by atoms with E-state index in [2.05, 4.69) is 22.2 Å². The van der Waals surface area contributed by atoms with Gasteiger partial charge in [0, 0.05) is 48.0 Å². The molecule has 5 heteroatoms. The van der Waals surface area contributed by atoms with Crippen LogP contribution in [0.5, 0.6) is 0 Å². The number of hydrogen-bond donors (Lipinski definition) is 0. The number of aromatic nitrogens is 1. The number of nitrogens with zero attached hydrogens (tertiary/aromatic N) is 2. The molecule has 2 aromatic heterocycles. The smallest absolute Gasteiger partial charge is 0.128 e. The van der Waals surface area contributed by atoms with Gasteiger partial charge in [-0.15, -0.1) is 11.3 Å². The average Bonchev–Trinajstić information content (AvgIpc) is 3.19. The molecule has 4 nitrogen and oxygen atoms in total. The minimum Gasteiger partial charge on any atom is -0.373 e. The molecule has 4 rings (SSSR count). The Bertz CT molecular complexity index is 586. The van der Waals surface area contributed by atoms with Crippen LogP contribution in [-0.2, 0) is 24.2 Å². The Morgan fingerprint density at radius 1 is 1.40 bits per heavy atom. The van der Waals surface area contributed by atoms with Gasteiger partial charge in [-0.1, -0.05) is 5.16 Å². The third-order valence-electron chi connectivity index (χ3n) is 4.10. The van der Waals surface area contributed by atoms with Crippen molar-refractivity contribution in [3.63, 3.8) is 0 Å². The molecule has 0 unspecified atom stereocenters. The molecule has 0 bridgehead atoms. The van der Waals surface area contributed by atoms with Gasteiger partial charge in [-0.2, -0.15) is 0 Å². The highest BCUT2D eigenvalue weighted by atomic mass is 32.1. The predicted octanol–water partition coefficient (Wildman–Crippen LogP) is 3.15. The molecule has 2 aliphatic rings. The van der Waals surface area contributed by atoms with Crippen LogP contribution < -0.4 is 0 Å². The lowest BCUT2D eigenvalue weighted by molar-refractivity contribution is 0.114. The van der Waals surface area contributed by atoms with Gasteiger partial charge in [0.1, 0.15) is 6.26 Å². The number of hydrogen-bond acceptors (Lipinski definition) is 5. The number of ether oxygens (including phenoxy) is 1. The maximum Gasteiger partial charge on any atom is 0.128 e. The van der Waals surface area contributed by atoms with E-state index in [1.807, 2.05) is 11.3 Å². The summed E-state index contributed by atoms with van der Waals surface area (Å²) in [6.07, 6.45) is 5.50. The fourth-order valence-electron chi connectivity index (χ4n) is 3.01. The molecule has 1 fully saturated rings. The van der Waals surface area contributed by atoms with E-state index >= 15 is 0 Å². The standard InChI is InChI=1S/C15H18N2O2S/c1-2-14(18-7-1)15-4-3-12(20-15)9-17-6-5-13-11(8-17)10-19-16-13/h3-4,10,14H,1-2,5-9H2/t14-/m1/s1. The summed E-state index contributed by atoms with van der Waals surface area (Å²) < 4.78 is 10.8. The molecule has 1 saturated heterocycles. The third-order valence-corrected chi connectivity index (χ3v) is 5.26. The van der Waals surface area contributed by atoms with Gasteiger partial charge in [-0.3, -0.25) is 4.90 Å². The summed E-state index contributed by atoms with van der Waals surface area (Å²) in [5.74, 6) is 0. The van der Waals surface area contributed by atoms with E-state index in [4.69, 9.17) is 9.26 Å². The van der Waals surface area contributed by atoms with Gasteiger partial charge in [-0.05, 0) is 25.0 Å². The summed E-state index contributed by atoms with van der Waals surface area (Å²) >= 11 is 1.90. The van der Waals surface area contributed by atoms with Gasteiger partial charge in [-0.25, -0.2) is 0 Å². The average molecular weight is 290 g/mol. The predicted molar refractivity (Wildman–Crippen MR) is 76.6 cm³/mol. The summed E-state index contributed by atoms with van der Waals surface area (Å²) in [6.45, 7) is 3.95. The summed E-state index contributed by atoms with van der Waals surface area (Å²) in [6, 6.07) is 4.50. The molecule has 0 saturated carbocycles. The van der Waals surface area contributed by atoms with Crippen LogP contribution in [0.4, 0.5) is 0 Å². The first kappa shape index (κ1) is 12.6. The summed E-state index contributed by atoms with van der Waals surface area (Å²) in [5.41, 5.74) is 2.37. The molecular weight excluding hydrogens is 272 g/mol. The molecule has 1 atom stereocenters. The van der Waals surface area contributed by atoms with Crippen LogP contribution in [-0.4, -0.2) is 23.2 Å². The van der Waals surface area contributed by atoms with Gasteiger partial charge >= 0.3 is 0 Å². The Labute approximate surface area is 122 Å². The molecule has 0 radical (unpaired) electrons. The van der Waals surface area contributed by atoms with Crippen LogP contribution in [0.2, 0.25) is 0 Å². The van der Waals surface area contributed by atoms with Gasteiger partial charge in [0.2, 0.25) is 0 Å². The fraction of sp³-hybridized carbons (Fsp3) is 0.533. The number of thiophene rings is 1. The van der Waals surface area contributed by atoms with Gasteiger partial charge in [0.25, 0.3) is 0 Å². The van der Waals surface area contributed by atoms with Crippen molar-refractivity contribution >= 4 is 11.3 Å². The van der Waals surface area contributed by atoms with Crippen molar-refractivity contribution in [2.24, 2.45) is 0 Å². The van der Waals surface area contributed by atoms with E-state index in [9.17, 15) is 0 Å². The molecule has 0 aromatic carbocycles. The molecule has 20 heavy (non-hydrogen) atoms. The highest BCUT2D eigenvalue weighted by Crippen LogP contribution is 2.34. The lowest BCUT2D eigenvalue weighted by Gasteiger charge is -2.24. The second-order valence-corrected chi connectivity index (χ2v) is 6.75. The summed E-state index contributed by atoms with van der Waals surface area (Å²) in [4.78, 5) is 5.28. The van der Waals surface area contributed by atoms with Crippen molar-refractivity contribution in [2.75, 3.05) is 13.2 Å². The van der Waals surface area contributed by atoms with Gasteiger partial charge in [0.15, 0.2) is 0 Å². The minimum atomic E-state index is 0.347. The molecule has 2 aromatic rings. The lowest BCUT2D eigenvalue weighted by Crippen LogP contribution is -2.29. The summed E-state index contributed by atoms with van der Waals surface area (Å²) in [5, 5.41) is 4.04. The minimum absolute atomic E-state index is 0.347. The number of fused-ring (bicyclic) bond motifs is 1. The Hall–Kier alpha value is -1.17. The normalized spacial score (nSPS) is 23.1. The van der Waals surface area contributed by atoms with Crippen LogP contribution in [0.1, 0.15) is 40.0 Å². The van der Waals surface area contributed by atoms with E-state index < -0.39 is 0 Å². The van der Waals surface area contributed by atoms with Crippen LogP contribution in [0.25, 0.3) is 0 Å². The SMILES string of the molecule is c1cc([C@H]2CCCO2)sc1CN1CCc2nocc2C1. The Kier molecular flexibility index (Phi) is 3.34. The first-order chi connectivity index (χ1) is 9.88. The van der Waals surface area contributed by atoms with Crippen LogP contribution in [0.15, 0.2) is 22.9 Å². The van der Waals surface area contributed by atoms with E-state index in [1.54, 1.807) is 6.26 Å². The molecule has 0 N–H and O–H groups in total. The number of rotatable bonds is 3. The molecule has 4 heterocycles. The van der Waals surface area contributed by atoms with E-state index in [0.29, 0.717) is 6.10 Å². The Morgan fingerprint density at radius 3 is 3.30 bits per heavy atom. The Morgan fingerprint density at radius 2 is 2.40 bits per heavy atom. The lowest BCUT2D eigenvalue weighted by atomic mass is 10.1. The maximum atomic E-state index is 5.75. The second kappa shape index (κ2) is 5.31. The monoisotopic (exact) mass is 290 g/mol. The zero-order chi connectivity index (χ0) is 13.4. The van der Waals surface area contributed by atoms with Crippen LogP contribution >= 0.6 is 11.3 Å². The third kappa shape index (κ3) is 2.41. The van der Waals surface area contributed by atoms with Gasteiger partial charge in [0.05, 0.1) is 11.8 Å². The first-order valence-electron chi connectivity index (χ1n) is 7.23. The fourth-order valence-corrected chi connectivity index (χ4v) is 4.15. The van der Waals surface area contributed by atoms with Crippen LogP contribution in [0.3, 0.4) is 0 Å². The van der Waals surface area contributed by atoms with Crippen molar-refractivity contribution < 1.29 is 9.26 Å². The zero-order valence-electron chi connectivity index (χ0n) is 11.4. The molecule has 2 aliphatic heterocycles. The van der Waals surface area contributed by atoms with E-state index in [1.165, 1.54) is 28.2 Å². The molecule has 0 amide bonds. The largest absolute Gasteiger partial charge is 0.373 e. The van der Waals surface area contributed by atoms with Gasteiger partial charge < -0.3 is 9.26 Å². The van der Waals surface area contributed by atoms with Crippen LogP contribution in [0, 0.1) is 0 Å². The van der Waals surface area contributed by atoms with Crippen molar-refractivity contribution in [3.05, 3.63) is 39.4 Å². The van der Waals surface area contributed by atoms with E-state index in [-0.39, 0.29) is 0 Å². The Balaban J connectivity index is 1.42. The zero-order valence-corrected chi connectivity index (χ0v) is 12.2. The van der Waals surface area contributed by atoms with Crippen molar-refractivity contribution in [3.8, 4) is 0 Å². The highest BCUT2D eigenvalue weighted by molar-refractivity contribution is 7.12. The maximum absolute atomic E-state index is 5.75. The van der Waals surface area contributed by atoms with Crippen molar-refractivity contribution in [2.45, 2.75) is 38.5 Å². The molecule has 0 aliphatic carbocycles. The first-order valence-corrected chi connectivity index (χ1v) is 8.05. The second-order valence-electron chi connectivity index (χ2n) is 5.55. The summed E-state index contributed by atoms with van der Waals surface area (Å²) in [7, 11) is 0. The molecule has 0 spiro atoms.